The highest BCUT2D eigenvalue weighted by atomic mass is 16.5. The van der Waals surface area contributed by atoms with Crippen LogP contribution in [0.25, 0.3) is 0 Å². The van der Waals surface area contributed by atoms with Gasteiger partial charge in [-0.25, -0.2) is 0 Å². The van der Waals surface area contributed by atoms with Gasteiger partial charge in [-0.1, -0.05) is 26.8 Å². The summed E-state index contributed by atoms with van der Waals surface area (Å²) in [6.45, 7) is 8.66. The topological polar surface area (TPSA) is 21.3 Å². The van der Waals surface area contributed by atoms with E-state index in [1.165, 1.54) is 43.2 Å². The minimum Gasteiger partial charge on any atom is -0.489 e. The van der Waals surface area contributed by atoms with Crippen molar-refractivity contribution in [2.45, 2.75) is 59.0 Å². The highest BCUT2D eigenvalue weighted by molar-refractivity contribution is 5.37. The fourth-order valence-electron chi connectivity index (χ4n) is 2.79. The molecule has 0 heterocycles. The number of rotatable bonds is 7. The van der Waals surface area contributed by atoms with E-state index in [-0.39, 0.29) is 6.10 Å². The summed E-state index contributed by atoms with van der Waals surface area (Å²) in [5.74, 6) is 1.57. The molecule has 2 rings (SSSR count). The highest BCUT2D eigenvalue weighted by Gasteiger charge is 2.16. The van der Waals surface area contributed by atoms with Crippen LogP contribution in [0.15, 0.2) is 18.2 Å². The maximum absolute atomic E-state index is 6.23. The van der Waals surface area contributed by atoms with Crippen LogP contribution in [0.2, 0.25) is 0 Å². The molecular weight excluding hydrogens is 246 g/mol. The van der Waals surface area contributed by atoms with Crippen LogP contribution in [-0.2, 0) is 12.8 Å². The largest absolute Gasteiger partial charge is 0.489 e. The first-order chi connectivity index (χ1) is 9.70. The zero-order valence-electron chi connectivity index (χ0n) is 13.2. The van der Waals surface area contributed by atoms with Crippen molar-refractivity contribution in [1.29, 1.82) is 0 Å². The summed E-state index contributed by atoms with van der Waals surface area (Å²) in [7, 11) is 0. The van der Waals surface area contributed by atoms with E-state index in [4.69, 9.17) is 4.74 Å². The fraction of sp³-hybridized carbons (Fsp3) is 0.667. The Bertz CT molecular complexity index is 414. The molecule has 1 atom stereocenters. The van der Waals surface area contributed by atoms with E-state index in [9.17, 15) is 0 Å². The molecule has 0 bridgehead atoms. The Labute approximate surface area is 123 Å². The third-order valence-corrected chi connectivity index (χ3v) is 4.12. The summed E-state index contributed by atoms with van der Waals surface area (Å²) < 4.78 is 6.23. The van der Waals surface area contributed by atoms with Gasteiger partial charge in [0, 0.05) is 6.54 Å². The van der Waals surface area contributed by atoms with Crippen molar-refractivity contribution in [1.82, 2.24) is 5.32 Å². The van der Waals surface area contributed by atoms with E-state index in [1.54, 1.807) is 0 Å². The molecule has 0 saturated carbocycles. The van der Waals surface area contributed by atoms with Gasteiger partial charge < -0.3 is 10.1 Å². The number of hydrogen-bond donors (Lipinski definition) is 1. The van der Waals surface area contributed by atoms with Gasteiger partial charge >= 0.3 is 0 Å². The fourth-order valence-corrected chi connectivity index (χ4v) is 2.79. The van der Waals surface area contributed by atoms with Crippen molar-refractivity contribution >= 4 is 0 Å². The van der Waals surface area contributed by atoms with E-state index in [0.29, 0.717) is 5.92 Å². The quantitative estimate of drug-likeness (QED) is 0.760. The first kappa shape index (κ1) is 15.4. The molecule has 2 heteroatoms. The molecule has 0 amide bonds. The van der Waals surface area contributed by atoms with Gasteiger partial charge in [-0.05, 0) is 67.8 Å². The summed E-state index contributed by atoms with van der Waals surface area (Å²) in [5.41, 5.74) is 3.02. The van der Waals surface area contributed by atoms with Crippen LogP contribution in [0.1, 0.15) is 51.2 Å². The normalized spacial score (nSPS) is 16.0. The van der Waals surface area contributed by atoms with Crippen LogP contribution < -0.4 is 10.1 Å². The molecule has 2 nitrogen and oxygen atoms in total. The maximum atomic E-state index is 6.23. The molecule has 1 aliphatic rings. The van der Waals surface area contributed by atoms with Crippen LogP contribution in [0.3, 0.4) is 0 Å². The van der Waals surface area contributed by atoms with Gasteiger partial charge in [-0.15, -0.1) is 0 Å². The first-order valence-electron chi connectivity index (χ1n) is 8.20. The number of fused-ring (bicyclic) bond motifs is 1. The van der Waals surface area contributed by atoms with E-state index in [0.717, 1.165) is 18.8 Å². The number of hydrogen-bond acceptors (Lipinski definition) is 2. The Morgan fingerprint density at radius 3 is 2.60 bits per heavy atom. The van der Waals surface area contributed by atoms with Crippen LogP contribution in [0.4, 0.5) is 0 Å². The van der Waals surface area contributed by atoms with Gasteiger partial charge in [0.25, 0.3) is 0 Å². The summed E-state index contributed by atoms with van der Waals surface area (Å²) >= 11 is 0. The van der Waals surface area contributed by atoms with Gasteiger partial charge in [0.05, 0.1) is 0 Å². The van der Waals surface area contributed by atoms with Crippen molar-refractivity contribution < 1.29 is 4.74 Å². The number of nitrogens with one attached hydrogen (secondary N) is 1. The van der Waals surface area contributed by atoms with E-state index in [2.05, 4.69) is 44.3 Å². The zero-order chi connectivity index (χ0) is 14.4. The second-order valence-electron chi connectivity index (χ2n) is 6.24. The average Bonchev–Trinajstić information content (AvgIpc) is 2.46. The summed E-state index contributed by atoms with van der Waals surface area (Å²) in [6.07, 6.45) is 6.53. The molecule has 1 aromatic carbocycles. The van der Waals surface area contributed by atoms with Crippen LogP contribution in [0, 0.1) is 5.92 Å². The molecule has 0 aliphatic heterocycles. The summed E-state index contributed by atoms with van der Waals surface area (Å²) in [6, 6.07) is 6.68. The Kier molecular flexibility index (Phi) is 5.90. The zero-order valence-corrected chi connectivity index (χ0v) is 13.2. The molecule has 20 heavy (non-hydrogen) atoms. The standard InChI is InChI=1S/C18H29NO/c1-4-11-19-13-18(14(2)3)20-17-10-9-15-7-5-6-8-16(15)12-17/h9-10,12,14,18-19H,4-8,11,13H2,1-3H3. The van der Waals surface area contributed by atoms with Crippen molar-refractivity contribution in [3.8, 4) is 5.75 Å². The number of ether oxygens (including phenoxy) is 1. The molecule has 0 radical (unpaired) electrons. The maximum Gasteiger partial charge on any atom is 0.120 e. The van der Waals surface area contributed by atoms with Crippen molar-refractivity contribution in [3.05, 3.63) is 29.3 Å². The SMILES string of the molecule is CCCNCC(Oc1ccc2c(c1)CCCC2)C(C)C. The Hall–Kier alpha value is -1.02. The Morgan fingerprint density at radius 2 is 1.90 bits per heavy atom. The van der Waals surface area contributed by atoms with Gasteiger partial charge in [-0.2, -0.15) is 0 Å². The minimum atomic E-state index is 0.253. The number of aryl methyl sites for hydroxylation is 2. The monoisotopic (exact) mass is 275 g/mol. The van der Waals surface area contributed by atoms with E-state index in [1.807, 2.05) is 0 Å². The van der Waals surface area contributed by atoms with E-state index >= 15 is 0 Å². The number of benzene rings is 1. The molecular formula is C18H29NO. The lowest BCUT2D eigenvalue weighted by Crippen LogP contribution is -2.35. The smallest absolute Gasteiger partial charge is 0.120 e. The highest BCUT2D eigenvalue weighted by Crippen LogP contribution is 2.26. The van der Waals surface area contributed by atoms with Crippen molar-refractivity contribution in [2.75, 3.05) is 13.1 Å². The molecule has 0 fully saturated rings. The van der Waals surface area contributed by atoms with Crippen LogP contribution in [-0.4, -0.2) is 19.2 Å². The molecule has 0 aromatic heterocycles. The van der Waals surface area contributed by atoms with Gasteiger partial charge in [0.15, 0.2) is 0 Å². The van der Waals surface area contributed by atoms with Crippen molar-refractivity contribution in [3.63, 3.8) is 0 Å². The predicted molar refractivity (Wildman–Crippen MR) is 85.5 cm³/mol. The molecule has 0 saturated heterocycles. The predicted octanol–water partition coefficient (Wildman–Crippen LogP) is 3.97. The van der Waals surface area contributed by atoms with E-state index < -0.39 is 0 Å². The lowest BCUT2D eigenvalue weighted by Gasteiger charge is -2.24. The average molecular weight is 275 g/mol. The molecule has 1 aliphatic carbocycles. The van der Waals surface area contributed by atoms with Crippen LogP contribution in [0.5, 0.6) is 5.75 Å². The summed E-state index contributed by atoms with van der Waals surface area (Å²) in [4.78, 5) is 0. The molecule has 1 unspecified atom stereocenters. The first-order valence-corrected chi connectivity index (χ1v) is 8.20. The van der Waals surface area contributed by atoms with Gasteiger partial charge in [0.2, 0.25) is 0 Å². The van der Waals surface area contributed by atoms with Crippen LogP contribution >= 0.6 is 0 Å². The third-order valence-electron chi connectivity index (χ3n) is 4.12. The lowest BCUT2D eigenvalue weighted by molar-refractivity contribution is 0.149. The lowest BCUT2D eigenvalue weighted by atomic mass is 9.92. The van der Waals surface area contributed by atoms with Crippen molar-refractivity contribution in [2.24, 2.45) is 5.92 Å². The van der Waals surface area contributed by atoms with Gasteiger partial charge in [-0.3, -0.25) is 0 Å². The Morgan fingerprint density at radius 1 is 1.15 bits per heavy atom. The van der Waals surface area contributed by atoms with Gasteiger partial charge in [0.1, 0.15) is 11.9 Å². The second-order valence-corrected chi connectivity index (χ2v) is 6.24. The minimum absolute atomic E-state index is 0.253. The summed E-state index contributed by atoms with van der Waals surface area (Å²) in [5, 5.41) is 3.47. The molecule has 1 aromatic rings. The molecule has 1 N–H and O–H groups in total. The molecule has 112 valence electrons. The second kappa shape index (κ2) is 7.68. The third kappa shape index (κ3) is 4.24. The molecule has 0 spiro atoms. The Balaban J connectivity index is 1.98.